The minimum atomic E-state index is -0.613. The maximum absolute atomic E-state index is 13.4. The summed E-state index contributed by atoms with van der Waals surface area (Å²) in [5.41, 5.74) is 4.57. The van der Waals surface area contributed by atoms with Crippen LogP contribution in [0.3, 0.4) is 0 Å². The summed E-state index contributed by atoms with van der Waals surface area (Å²) >= 11 is 0. The lowest BCUT2D eigenvalue weighted by Crippen LogP contribution is -2.56. The molecule has 2 aliphatic rings. The minimum Gasteiger partial charge on any atom is -0.497 e. The average molecular weight is 535 g/mol. The summed E-state index contributed by atoms with van der Waals surface area (Å²) in [7, 11) is 3.27. The Bertz CT molecular complexity index is 1270. The molecule has 1 fully saturated rings. The van der Waals surface area contributed by atoms with Crippen molar-refractivity contribution in [2.45, 2.75) is 39.8 Å². The van der Waals surface area contributed by atoms with E-state index in [-0.39, 0.29) is 24.6 Å². The highest BCUT2D eigenvalue weighted by atomic mass is 16.5. The summed E-state index contributed by atoms with van der Waals surface area (Å²) in [4.78, 5) is 45.2. The fraction of sp³-hybridized carbons (Fsp3) is 0.433. The zero-order chi connectivity index (χ0) is 28.3. The van der Waals surface area contributed by atoms with E-state index in [9.17, 15) is 14.4 Å². The molecule has 0 spiro atoms. The average Bonchev–Trinajstić information content (AvgIpc) is 2.92. The summed E-state index contributed by atoms with van der Waals surface area (Å²) in [6, 6.07) is 12.2. The second-order valence-corrected chi connectivity index (χ2v) is 10.2. The molecule has 0 saturated carbocycles. The van der Waals surface area contributed by atoms with E-state index >= 15 is 0 Å². The van der Waals surface area contributed by atoms with Gasteiger partial charge >= 0.3 is 12.0 Å². The van der Waals surface area contributed by atoms with E-state index in [2.05, 4.69) is 10.2 Å². The van der Waals surface area contributed by atoms with Gasteiger partial charge in [0.05, 0.1) is 25.3 Å². The van der Waals surface area contributed by atoms with E-state index in [0.717, 1.165) is 16.7 Å². The van der Waals surface area contributed by atoms with Gasteiger partial charge in [0.15, 0.2) is 0 Å². The van der Waals surface area contributed by atoms with Crippen molar-refractivity contribution in [1.29, 1.82) is 0 Å². The van der Waals surface area contributed by atoms with Crippen LogP contribution >= 0.6 is 0 Å². The van der Waals surface area contributed by atoms with E-state index < -0.39 is 12.0 Å². The van der Waals surface area contributed by atoms with Crippen LogP contribution in [0.5, 0.6) is 5.75 Å². The highest BCUT2D eigenvalue weighted by Crippen LogP contribution is 2.34. The molecular weight excluding hydrogens is 496 g/mol. The Morgan fingerprint density at radius 2 is 1.79 bits per heavy atom. The number of urea groups is 1. The molecule has 39 heavy (non-hydrogen) atoms. The van der Waals surface area contributed by atoms with Gasteiger partial charge in [-0.15, -0.1) is 0 Å². The molecule has 9 nitrogen and oxygen atoms in total. The third kappa shape index (κ3) is 5.93. The standard InChI is InChI=1S/C30H38N4O5/c1-7-39-29(36)26-25(32(5)30(37)31-27(26)24-16-19(2)8-9-20(24)3)18-33-14-15-34(21(4)17-33)28(35)22-10-12-23(38-6)13-11-22/h8-13,16,21,27H,7,14-15,17-18H2,1-6H3,(H,31,37). The second kappa shape index (κ2) is 11.9. The van der Waals surface area contributed by atoms with Crippen molar-refractivity contribution in [3.05, 3.63) is 76.0 Å². The predicted molar refractivity (Wildman–Crippen MR) is 149 cm³/mol. The number of piperazine rings is 1. The van der Waals surface area contributed by atoms with Gasteiger partial charge in [-0.05, 0) is 63.1 Å². The first-order valence-electron chi connectivity index (χ1n) is 13.3. The van der Waals surface area contributed by atoms with E-state index in [1.54, 1.807) is 45.3 Å². The smallest absolute Gasteiger partial charge is 0.338 e. The number of hydrogen-bond acceptors (Lipinski definition) is 6. The highest BCUT2D eigenvalue weighted by Gasteiger charge is 2.39. The number of esters is 1. The molecule has 0 radical (unpaired) electrons. The van der Waals surface area contributed by atoms with Crippen LogP contribution in [0.1, 0.15) is 46.9 Å². The van der Waals surface area contributed by atoms with Crippen molar-refractivity contribution in [2.75, 3.05) is 46.9 Å². The summed E-state index contributed by atoms with van der Waals surface area (Å²) in [5.74, 6) is 0.238. The lowest BCUT2D eigenvalue weighted by Gasteiger charge is -2.42. The van der Waals surface area contributed by atoms with E-state index in [1.807, 2.05) is 43.9 Å². The predicted octanol–water partition coefficient (Wildman–Crippen LogP) is 3.67. The Kier molecular flexibility index (Phi) is 8.60. The van der Waals surface area contributed by atoms with Crippen molar-refractivity contribution in [3.63, 3.8) is 0 Å². The quantitative estimate of drug-likeness (QED) is 0.545. The van der Waals surface area contributed by atoms with Crippen LogP contribution < -0.4 is 10.1 Å². The van der Waals surface area contributed by atoms with Gasteiger partial charge in [-0.3, -0.25) is 14.6 Å². The zero-order valence-electron chi connectivity index (χ0n) is 23.6. The number of nitrogens with one attached hydrogen (secondary N) is 1. The van der Waals surface area contributed by atoms with Crippen molar-refractivity contribution >= 4 is 17.9 Å². The highest BCUT2D eigenvalue weighted by molar-refractivity contribution is 5.96. The molecule has 2 unspecified atom stereocenters. The van der Waals surface area contributed by atoms with Crippen LogP contribution in [0.4, 0.5) is 4.79 Å². The fourth-order valence-corrected chi connectivity index (χ4v) is 5.29. The first kappa shape index (κ1) is 28.2. The summed E-state index contributed by atoms with van der Waals surface area (Å²) in [6.45, 7) is 10.1. The molecule has 4 rings (SSSR count). The molecular formula is C30H38N4O5. The van der Waals surface area contributed by atoms with Crippen LogP contribution in [0.25, 0.3) is 0 Å². The molecule has 1 saturated heterocycles. The van der Waals surface area contributed by atoms with Crippen LogP contribution in [0.2, 0.25) is 0 Å². The molecule has 2 aliphatic heterocycles. The Morgan fingerprint density at radius 1 is 1.08 bits per heavy atom. The lowest BCUT2D eigenvalue weighted by atomic mass is 9.90. The van der Waals surface area contributed by atoms with Crippen LogP contribution in [-0.4, -0.2) is 85.6 Å². The van der Waals surface area contributed by atoms with Crippen LogP contribution in [0, 0.1) is 13.8 Å². The molecule has 2 heterocycles. The number of ether oxygens (including phenoxy) is 2. The van der Waals surface area contributed by atoms with Crippen molar-refractivity contribution in [3.8, 4) is 5.75 Å². The number of methoxy groups -OCH3 is 1. The molecule has 2 aromatic rings. The number of likely N-dealkylation sites (N-methyl/N-ethyl adjacent to an activating group) is 1. The molecule has 208 valence electrons. The van der Waals surface area contributed by atoms with Gasteiger partial charge in [-0.25, -0.2) is 9.59 Å². The minimum absolute atomic E-state index is 0.0274. The van der Waals surface area contributed by atoms with Gasteiger partial charge in [-0.2, -0.15) is 0 Å². The summed E-state index contributed by atoms with van der Waals surface area (Å²) in [5, 5.41) is 3.01. The molecule has 0 aliphatic carbocycles. The molecule has 3 amide bonds. The number of nitrogens with zero attached hydrogens (tertiary/aromatic N) is 3. The summed E-state index contributed by atoms with van der Waals surface area (Å²) < 4.78 is 10.7. The first-order chi connectivity index (χ1) is 18.6. The normalized spacial score (nSPS) is 20.1. The molecule has 1 N–H and O–H groups in total. The van der Waals surface area contributed by atoms with Gasteiger partial charge in [0.25, 0.3) is 5.91 Å². The first-order valence-corrected chi connectivity index (χ1v) is 13.3. The van der Waals surface area contributed by atoms with Crippen molar-refractivity contribution in [2.24, 2.45) is 0 Å². The number of amides is 3. The number of carbonyl (C=O) groups is 3. The molecule has 0 bridgehead atoms. The van der Waals surface area contributed by atoms with Gasteiger partial charge < -0.3 is 19.7 Å². The van der Waals surface area contributed by atoms with Gasteiger partial charge in [0, 0.05) is 50.5 Å². The topological polar surface area (TPSA) is 91.4 Å². The second-order valence-electron chi connectivity index (χ2n) is 10.2. The van der Waals surface area contributed by atoms with E-state index in [1.165, 1.54) is 4.90 Å². The number of carbonyl (C=O) groups excluding carboxylic acids is 3. The number of rotatable bonds is 7. The molecule has 0 aromatic heterocycles. The van der Waals surface area contributed by atoms with Gasteiger partial charge in [-0.1, -0.05) is 23.8 Å². The van der Waals surface area contributed by atoms with Gasteiger partial charge in [0.2, 0.25) is 0 Å². The van der Waals surface area contributed by atoms with Crippen LogP contribution in [-0.2, 0) is 9.53 Å². The van der Waals surface area contributed by atoms with E-state index in [4.69, 9.17) is 9.47 Å². The monoisotopic (exact) mass is 534 g/mol. The van der Waals surface area contributed by atoms with Gasteiger partial charge in [0.1, 0.15) is 5.75 Å². The number of hydrogen-bond donors (Lipinski definition) is 1. The maximum Gasteiger partial charge on any atom is 0.338 e. The Labute approximate surface area is 230 Å². The third-order valence-electron chi connectivity index (χ3n) is 7.50. The Hall–Kier alpha value is -3.85. The SMILES string of the molecule is CCOC(=O)C1=C(CN2CCN(C(=O)c3ccc(OC)cc3)C(C)C2)N(C)C(=O)NC1c1cc(C)ccc1C. The largest absolute Gasteiger partial charge is 0.497 e. The number of aryl methyl sites for hydroxylation is 2. The van der Waals surface area contributed by atoms with Crippen molar-refractivity contribution < 1.29 is 23.9 Å². The van der Waals surface area contributed by atoms with Crippen molar-refractivity contribution in [1.82, 2.24) is 20.0 Å². The Morgan fingerprint density at radius 3 is 2.44 bits per heavy atom. The van der Waals surface area contributed by atoms with Crippen LogP contribution in [0.15, 0.2) is 53.7 Å². The Balaban J connectivity index is 1.60. The third-order valence-corrected chi connectivity index (χ3v) is 7.50. The summed E-state index contributed by atoms with van der Waals surface area (Å²) in [6.07, 6.45) is 0. The molecule has 2 atom stereocenters. The zero-order valence-corrected chi connectivity index (χ0v) is 23.6. The molecule has 9 heteroatoms. The fourth-order valence-electron chi connectivity index (χ4n) is 5.29. The molecule has 2 aromatic carbocycles. The lowest BCUT2D eigenvalue weighted by molar-refractivity contribution is -0.139. The maximum atomic E-state index is 13.4. The van der Waals surface area contributed by atoms with E-state index in [0.29, 0.717) is 48.8 Å². The number of benzene rings is 2.